The zero-order valence-corrected chi connectivity index (χ0v) is 17.0. The van der Waals surface area contributed by atoms with Gasteiger partial charge in [-0.1, -0.05) is 0 Å². The van der Waals surface area contributed by atoms with E-state index < -0.39 is 9.85 Å². The number of hydrogen-bond acceptors (Lipinski definition) is 9. The third kappa shape index (κ3) is 3.74. The van der Waals surface area contributed by atoms with Crippen LogP contribution in [0.5, 0.6) is 11.5 Å². The molecule has 158 valence electrons. The third-order valence-electron chi connectivity index (χ3n) is 4.62. The second-order valence-corrected chi connectivity index (χ2v) is 6.79. The van der Waals surface area contributed by atoms with Gasteiger partial charge in [0.1, 0.15) is 5.52 Å². The number of non-ortho nitro benzene ring substituents is 1. The van der Waals surface area contributed by atoms with Crippen LogP contribution >= 0.6 is 0 Å². The Morgan fingerprint density at radius 2 is 1.80 bits per heavy atom. The Morgan fingerprint density at radius 1 is 1.07 bits per heavy atom. The van der Waals surface area contributed by atoms with Crippen molar-refractivity contribution in [2.45, 2.75) is 0 Å². The SMILES string of the molecule is COc1cc2c(NCCN(C)C)c3cc([N+](=O)[O-])ccc3nc2c(OC)c1[N+](=O)[O-]. The molecule has 1 heterocycles. The molecular weight excluding hydrogens is 394 g/mol. The van der Waals surface area contributed by atoms with Gasteiger partial charge in [0.25, 0.3) is 5.69 Å². The average Bonchev–Trinajstić information content (AvgIpc) is 2.70. The fourth-order valence-electron chi connectivity index (χ4n) is 3.23. The van der Waals surface area contributed by atoms with E-state index in [0.29, 0.717) is 35.1 Å². The molecule has 0 radical (unpaired) electrons. The van der Waals surface area contributed by atoms with Crippen molar-refractivity contribution in [2.24, 2.45) is 0 Å². The number of likely N-dealkylation sites (N-methyl/N-ethyl adjacent to an activating group) is 1. The van der Waals surface area contributed by atoms with E-state index in [-0.39, 0.29) is 28.4 Å². The number of benzene rings is 2. The summed E-state index contributed by atoms with van der Waals surface area (Å²) in [7, 11) is 6.49. The maximum atomic E-state index is 11.6. The standard InChI is InChI=1S/C19H21N5O6/c1-22(2)8-7-20-16-12-9-11(23(25)26)5-6-14(12)21-17-13(16)10-15(29-3)18(24(27)28)19(17)30-4/h5-6,9-10H,7-8H2,1-4H3,(H,20,21). The molecule has 0 aliphatic rings. The number of nitro groups is 2. The molecule has 0 bridgehead atoms. The second kappa shape index (κ2) is 8.33. The molecule has 0 atom stereocenters. The quantitative estimate of drug-likeness (QED) is 0.334. The van der Waals surface area contributed by atoms with Crippen LogP contribution in [0.25, 0.3) is 21.8 Å². The first kappa shape index (κ1) is 21.0. The van der Waals surface area contributed by atoms with E-state index in [2.05, 4.69) is 10.3 Å². The van der Waals surface area contributed by atoms with E-state index in [1.54, 1.807) is 0 Å². The van der Waals surface area contributed by atoms with Crippen molar-refractivity contribution in [1.29, 1.82) is 0 Å². The first-order valence-corrected chi connectivity index (χ1v) is 8.98. The highest BCUT2D eigenvalue weighted by atomic mass is 16.6. The van der Waals surface area contributed by atoms with Crippen LogP contribution < -0.4 is 14.8 Å². The van der Waals surface area contributed by atoms with E-state index in [9.17, 15) is 20.2 Å². The first-order valence-electron chi connectivity index (χ1n) is 8.98. The summed E-state index contributed by atoms with van der Waals surface area (Å²) in [6, 6.07) is 5.79. The monoisotopic (exact) mass is 415 g/mol. The highest BCUT2D eigenvalue weighted by Crippen LogP contribution is 2.46. The molecule has 0 unspecified atom stereocenters. The molecule has 0 saturated heterocycles. The molecule has 3 rings (SSSR count). The van der Waals surface area contributed by atoms with Gasteiger partial charge in [0.15, 0.2) is 0 Å². The number of methoxy groups -OCH3 is 2. The van der Waals surface area contributed by atoms with Crippen LogP contribution in [0.2, 0.25) is 0 Å². The Hall–Kier alpha value is -3.73. The molecule has 11 heteroatoms. The lowest BCUT2D eigenvalue weighted by atomic mass is 10.0. The number of rotatable bonds is 8. The van der Waals surface area contributed by atoms with E-state index in [1.807, 2.05) is 19.0 Å². The summed E-state index contributed by atoms with van der Waals surface area (Å²) in [5.74, 6) is -0.0307. The number of pyridine rings is 1. The predicted molar refractivity (Wildman–Crippen MR) is 113 cm³/mol. The van der Waals surface area contributed by atoms with E-state index >= 15 is 0 Å². The number of nitro benzene ring substituents is 2. The first-order chi connectivity index (χ1) is 14.3. The molecule has 3 aromatic rings. The minimum atomic E-state index is -0.585. The number of hydrogen-bond donors (Lipinski definition) is 1. The van der Waals surface area contributed by atoms with Gasteiger partial charge in [0, 0.05) is 36.0 Å². The van der Waals surface area contributed by atoms with Gasteiger partial charge in [-0.05, 0) is 26.2 Å². The van der Waals surface area contributed by atoms with Crippen LogP contribution in [0.1, 0.15) is 0 Å². The van der Waals surface area contributed by atoms with Gasteiger partial charge < -0.3 is 19.7 Å². The van der Waals surface area contributed by atoms with Crippen molar-refractivity contribution >= 4 is 38.9 Å². The number of nitrogens with zero attached hydrogens (tertiary/aromatic N) is 4. The van der Waals surface area contributed by atoms with Gasteiger partial charge in [0.2, 0.25) is 11.5 Å². The minimum Gasteiger partial charge on any atom is -0.490 e. The Morgan fingerprint density at radius 3 is 2.37 bits per heavy atom. The lowest BCUT2D eigenvalue weighted by molar-refractivity contribution is -0.386. The lowest BCUT2D eigenvalue weighted by Gasteiger charge is -2.17. The van der Waals surface area contributed by atoms with Gasteiger partial charge in [-0.25, -0.2) is 4.98 Å². The maximum Gasteiger partial charge on any atom is 0.354 e. The topological polar surface area (TPSA) is 133 Å². The highest BCUT2D eigenvalue weighted by Gasteiger charge is 2.28. The number of nitrogens with one attached hydrogen (secondary N) is 1. The van der Waals surface area contributed by atoms with E-state index in [4.69, 9.17) is 9.47 Å². The average molecular weight is 415 g/mol. The van der Waals surface area contributed by atoms with Crippen LogP contribution in [-0.4, -0.2) is 61.1 Å². The van der Waals surface area contributed by atoms with Gasteiger partial charge in [-0.15, -0.1) is 0 Å². The zero-order chi connectivity index (χ0) is 22.0. The molecular formula is C19H21N5O6. The number of aromatic nitrogens is 1. The number of ether oxygens (including phenoxy) is 2. The van der Waals surface area contributed by atoms with Crippen LogP contribution in [0.4, 0.5) is 17.1 Å². The molecule has 0 saturated carbocycles. The molecule has 0 amide bonds. The summed E-state index contributed by atoms with van der Waals surface area (Å²) < 4.78 is 10.6. The predicted octanol–water partition coefficient (Wildman–Crippen LogP) is 3.20. The summed E-state index contributed by atoms with van der Waals surface area (Å²) in [6.07, 6.45) is 0. The Balaban J connectivity index is 2.41. The van der Waals surface area contributed by atoms with Crippen LogP contribution in [-0.2, 0) is 0 Å². The van der Waals surface area contributed by atoms with E-state index in [1.165, 1.54) is 38.5 Å². The fraction of sp³-hybridized carbons (Fsp3) is 0.316. The van der Waals surface area contributed by atoms with Gasteiger partial charge >= 0.3 is 5.69 Å². The largest absolute Gasteiger partial charge is 0.490 e. The summed E-state index contributed by atoms with van der Waals surface area (Å²) in [6.45, 7) is 1.23. The normalized spacial score (nSPS) is 11.1. The van der Waals surface area contributed by atoms with E-state index in [0.717, 1.165) is 0 Å². The smallest absolute Gasteiger partial charge is 0.354 e. The summed E-state index contributed by atoms with van der Waals surface area (Å²) >= 11 is 0. The molecule has 1 N–H and O–H groups in total. The molecule has 0 aliphatic carbocycles. The molecule has 1 aromatic heterocycles. The zero-order valence-electron chi connectivity index (χ0n) is 17.0. The van der Waals surface area contributed by atoms with Crippen molar-refractivity contribution in [2.75, 3.05) is 46.7 Å². The van der Waals surface area contributed by atoms with Crippen molar-refractivity contribution in [1.82, 2.24) is 9.88 Å². The summed E-state index contributed by atoms with van der Waals surface area (Å²) in [4.78, 5) is 28.4. The molecule has 0 fully saturated rings. The third-order valence-corrected chi connectivity index (χ3v) is 4.62. The lowest BCUT2D eigenvalue weighted by Crippen LogP contribution is -2.21. The minimum absolute atomic E-state index is 0.00610. The van der Waals surface area contributed by atoms with Crippen molar-refractivity contribution in [3.8, 4) is 11.5 Å². The number of fused-ring (bicyclic) bond motifs is 2. The van der Waals surface area contributed by atoms with Crippen LogP contribution in [0, 0.1) is 20.2 Å². The Labute approximate surface area is 171 Å². The molecule has 30 heavy (non-hydrogen) atoms. The van der Waals surface area contributed by atoms with Crippen LogP contribution in [0.3, 0.4) is 0 Å². The van der Waals surface area contributed by atoms with Gasteiger partial charge in [-0.2, -0.15) is 0 Å². The van der Waals surface area contributed by atoms with Gasteiger partial charge in [0.05, 0.1) is 35.3 Å². The molecule has 0 aliphatic heterocycles. The van der Waals surface area contributed by atoms with Crippen molar-refractivity contribution in [3.05, 3.63) is 44.5 Å². The van der Waals surface area contributed by atoms with Gasteiger partial charge in [-0.3, -0.25) is 20.2 Å². The van der Waals surface area contributed by atoms with Crippen molar-refractivity contribution in [3.63, 3.8) is 0 Å². The molecule has 11 nitrogen and oxygen atoms in total. The molecule has 2 aromatic carbocycles. The summed E-state index contributed by atoms with van der Waals surface area (Å²) in [5, 5.41) is 27.2. The summed E-state index contributed by atoms with van der Waals surface area (Å²) in [5.41, 5.74) is 0.852. The number of anilines is 1. The van der Waals surface area contributed by atoms with Crippen LogP contribution in [0.15, 0.2) is 24.3 Å². The fourth-order valence-corrected chi connectivity index (χ4v) is 3.23. The van der Waals surface area contributed by atoms with Crippen molar-refractivity contribution < 1.29 is 19.3 Å². The highest BCUT2D eigenvalue weighted by molar-refractivity contribution is 6.11. The maximum absolute atomic E-state index is 11.6. The molecule has 0 spiro atoms. The Kier molecular flexibility index (Phi) is 5.83. The Bertz CT molecular complexity index is 1150. The second-order valence-electron chi connectivity index (χ2n) is 6.79.